The summed E-state index contributed by atoms with van der Waals surface area (Å²) in [5.41, 5.74) is 8.01. The number of benzene rings is 2. The van der Waals surface area contributed by atoms with Crippen LogP contribution in [0.1, 0.15) is 28.3 Å². The molecule has 5 nitrogen and oxygen atoms in total. The molecule has 0 amide bonds. The van der Waals surface area contributed by atoms with Crippen LogP contribution in [0.3, 0.4) is 0 Å². The number of thiophene rings is 1. The summed E-state index contributed by atoms with van der Waals surface area (Å²) < 4.78 is 6.77. The lowest BCUT2D eigenvalue weighted by Crippen LogP contribution is -2.06. The SMILES string of the molecule is C[C@@H](Oc1cc(Nc2ccc(Br)cc2N)sc1C(=O)O)c1ccccc1Cl. The molecular formula is C19H16BrClN2O3S. The Bertz CT molecular complexity index is 993. The van der Waals surface area contributed by atoms with Gasteiger partial charge in [-0.25, -0.2) is 4.79 Å². The Balaban J connectivity index is 1.87. The Labute approximate surface area is 173 Å². The van der Waals surface area contributed by atoms with Crippen molar-refractivity contribution in [3.63, 3.8) is 0 Å². The van der Waals surface area contributed by atoms with Crippen LogP contribution in [-0.2, 0) is 0 Å². The fourth-order valence-electron chi connectivity index (χ4n) is 2.51. The number of carboxylic acids is 1. The molecule has 8 heteroatoms. The Morgan fingerprint density at radius 3 is 2.70 bits per heavy atom. The van der Waals surface area contributed by atoms with E-state index in [-0.39, 0.29) is 10.6 Å². The van der Waals surface area contributed by atoms with Crippen molar-refractivity contribution in [1.82, 2.24) is 0 Å². The van der Waals surface area contributed by atoms with E-state index in [1.165, 1.54) is 0 Å². The molecule has 1 aromatic heterocycles. The molecule has 140 valence electrons. The second-order valence-electron chi connectivity index (χ2n) is 5.75. The maximum atomic E-state index is 11.6. The van der Waals surface area contributed by atoms with Crippen LogP contribution in [0.5, 0.6) is 5.75 Å². The molecule has 4 N–H and O–H groups in total. The molecule has 0 fully saturated rings. The van der Waals surface area contributed by atoms with E-state index in [0.717, 1.165) is 21.4 Å². The van der Waals surface area contributed by atoms with Gasteiger partial charge in [0.1, 0.15) is 11.9 Å². The van der Waals surface area contributed by atoms with Crippen LogP contribution < -0.4 is 15.8 Å². The van der Waals surface area contributed by atoms with E-state index in [0.29, 0.717) is 21.4 Å². The summed E-state index contributed by atoms with van der Waals surface area (Å²) in [4.78, 5) is 11.7. The number of aromatic carboxylic acids is 1. The molecule has 0 saturated heterocycles. The normalized spacial score (nSPS) is 11.8. The number of hydrogen-bond acceptors (Lipinski definition) is 5. The van der Waals surface area contributed by atoms with Gasteiger partial charge in [0.2, 0.25) is 0 Å². The zero-order valence-electron chi connectivity index (χ0n) is 14.2. The lowest BCUT2D eigenvalue weighted by atomic mass is 10.1. The van der Waals surface area contributed by atoms with E-state index in [9.17, 15) is 9.90 Å². The predicted octanol–water partition coefficient (Wildman–Crippen LogP) is 6.33. The molecule has 1 heterocycles. The molecule has 0 aliphatic heterocycles. The minimum Gasteiger partial charge on any atom is -0.484 e. The standard InChI is InChI=1S/C19H16BrClN2O3S/c1-10(12-4-2-3-5-13(12)21)26-16-9-17(27-18(16)19(24)25)23-15-7-6-11(20)8-14(15)22/h2-10,23H,22H2,1H3,(H,24,25)/t10-/m1/s1. The first-order valence-electron chi connectivity index (χ1n) is 7.95. The Morgan fingerprint density at radius 2 is 2.04 bits per heavy atom. The third-order valence-electron chi connectivity index (χ3n) is 3.81. The monoisotopic (exact) mass is 466 g/mol. The number of carbonyl (C=O) groups is 1. The number of carboxylic acid groups (broad SMARTS) is 1. The third kappa shape index (κ3) is 4.55. The Kier molecular flexibility index (Phi) is 5.94. The van der Waals surface area contributed by atoms with Crippen molar-refractivity contribution in [2.24, 2.45) is 0 Å². The van der Waals surface area contributed by atoms with Crippen molar-refractivity contribution < 1.29 is 14.6 Å². The van der Waals surface area contributed by atoms with E-state index in [1.807, 2.05) is 37.3 Å². The summed E-state index contributed by atoms with van der Waals surface area (Å²) in [5.74, 6) is -0.781. The average Bonchev–Trinajstić information content (AvgIpc) is 3.00. The minimum atomic E-state index is -1.06. The molecule has 1 atom stereocenters. The van der Waals surface area contributed by atoms with Crippen LogP contribution >= 0.6 is 38.9 Å². The van der Waals surface area contributed by atoms with Crippen LogP contribution in [0.2, 0.25) is 5.02 Å². The first kappa shape index (κ1) is 19.5. The zero-order valence-corrected chi connectivity index (χ0v) is 17.4. The number of hydrogen-bond donors (Lipinski definition) is 3. The minimum absolute atomic E-state index is 0.104. The fourth-order valence-corrected chi connectivity index (χ4v) is 4.02. The molecular weight excluding hydrogens is 452 g/mol. The predicted molar refractivity (Wildman–Crippen MR) is 114 cm³/mol. The molecule has 0 saturated carbocycles. The largest absolute Gasteiger partial charge is 0.484 e. The van der Waals surface area contributed by atoms with Crippen LogP contribution in [-0.4, -0.2) is 11.1 Å². The van der Waals surface area contributed by atoms with Crippen LogP contribution in [0.4, 0.5) is 16.4 Å². The summed E-state index contributed by atoms with van der Waals surface area (Å²) >= 11 is 10.6. The van der Waals surface area contributed by atoms with Crippen LogP contribution in [0.15, 0.2) is 53.0 Å². The van der Waals surface area contributed by atoms with E-state index >= 15 is 0 Å². The number of nitrogen functional groups attached to an aromatic ring is 1. The number of nitrogens with two attached hydrogens (primary N) is 1. The number of ether oxygens (including phenoxy) is 1. The molecule has 0 unspecified atom stereocenters. The Morgan fingerprint density at radius 1 is 1.30 bits per heavy atom. The van der Waals surface area contributed by atoms with E-state index < -0.39 is 12.1 Å². The zero-order chi connectivity index (χ0) is 19.6. The van der Waals surface area contributed by atoms with Gasteiger partial charge in [0.05, 0.1) is 16.4 Å². The first-order valence-corrected chi connectivity index (χ1v) is 9.94. The highest BCUT2D eigenvalue weighted by molar-refractivity contribution is 9.10. The Hall–Kier alpha value is -2.22. The summed E-state index contributed by atoms with van der Waals surface area (Å²) in [6, 6.07) is 14.4. The smallest absolute Gasteiger partial charge is 0.349 e. The molecule has 0 aliphatic rings. The molecule has 0 aliphatic carbocycles. The van der Waals surface area contributed by atoms with Gasteiger partial charge in [-0.1, -0.05) is 45.7 Å². The molecule has 0 radical (unpaired) electrons. The van der Waals surface area contributed by atoms with Gasteiger partial charge in [0.15, 0.2) is 4.88 Å². The van der Waals surface area contributed by atoms with Gasteiger partial charge >= 0.3 is 5.97 Å². The van der Waals surface area contributed by atoms with Gasteiger partial charge in [-0.05, 0) is 31.2 Å². The van der Waals surface area contributed by atoms with Crippen molar-refractivity contribution >= 4 is 61.2 Å². The van der Waals surface area contributed by atoms with Gasteiger partial charge in [0.25, 0.3) is 0 Å². The molecule has 0 bridgehead atoms. The maximum absolute atomic E-state index is 11.6. The van der Waals surface area contributed by atoms with Crippen molar-refractivity contribution in [2.75, 3.05) is 11.1 Å². The van der Waals surface area contributed by atoms with E-state index in [2.05, 4.69) is 21.2 Å². The van der Waals surface area contributed by atoms with Gasteiger partial charge < -0.3 is 20.9 Å². The summed E-state index contributed by atoms with van der Waals surface area (Å²) in [6.07, 6.45) is -0.406. The first-order chi connectivity index (χ1) is 12.8. The summed E-state index contributed by atoms with van der Waals surface area (Å²) in [6.45, 7) is 1.82. The second kappa shape index (κ2) is 8.21. The summed E-state index contributed by atoms with van der Waals surface area (Å²) in [5, 5.41) is 13.8. The van der Waals surface area contributed by atoms with Crippen LogP contribution in [0, 0.1) is 0 Å². The van der Waals surface area contributed by atoms with E-state index in [4.69, 9.17) is 22.1 Å². The lowest BCUT2D eigenvalue weighted by molar-refractivity contribution is 0.0696. The van der Waals surface area contributed by atoms with E-state index in [1.54, 1.807) is 18.2 Å². The molecule has 27 heavy (non-hydrogen) atoms. The topological polar surface area (TPSA) is 84.6 Å². The quantitative estimate of drug-likeness (QED) is 0.369. The molecule has 3 rings (SSSR count). The summed E-state index contributed by atoms with van der Waals surface area (Å²) in [7, 11) is 0. The van der Waals surface area contributed by atoms with Crippen molar-refractivity contribution in [2.45, 2.75) is 13.0 Å². The molecule has 3 aromatic rings. The number of rotatable bonds is 6. The fraction of sp³-hybridized carbons (Fsp3) is 0.105. The number of anilines is 3. The average molecular weight is 468 g/mol. The number of halogens is 2. The highest BCUT2D eigenvalue weighted by Crippen LogP contribution is 2.39. The molecule has 2 aromatic carbocycles. The van der Waals surface area contributed by atoms with Gasteiger partial charge in [-0.3, -0.25) is 0 Å². The van der Waals surface area contributed by atoms with Gasteiger partial charge in [-0.2, -0.15) is 0 Å². The van der Waals surface area contributed by atoms with Crippen molar-refractivity contribution in [3.05, 3.63) is 68.5 Å². The molecule has 0 spiro atoms. The lowest BCUT2D eigenvalue weighted by Gasteiger charge is -2.15. The van der Waals surface area contributed by atoms with Gasteiger partial charge in [0, 0.05) is 21.1 Å². The van der Waals surface area contributed by atoms with Crippen LogP contribution in [0.25, 0.3) is 0 Å². The van der Waals surface area contributed by atoms with Gasteiger partial charge in [-0.15, -0.1) is 11.3 Å². The van der Waals surface area contributed by atoms with Crippen molar-refractivity contribution in [1.29, 1.82) is 0 Å². The van der Waals surface area contributed by atoms with Crippen molar-refractivity contribution in [3.8, 4) is 5.75 Å². The highest BCUT2D eigenvalue weighted by Gasteiger charge is 2.21. The second-order valence-corrected chi connectivity index (χ2v) is 8.12. The highest BCUT2D eigenvalue weighted by atomic mass is 79.9. The maximum Gasteiger partial charge on any atom is 0.349 e. The number of nitrogens with one attached hydrogen (secondary N) is 1. The third-order valence-corrected chi connectivity index (χ3v) is 5.67.